The van der Waals surface area contributed by atoms with Gasteiger partial charge in [-0.25, -0.2) is 0 Å². The van der Waals surface area contributed by atoms with E-state index in [0.717, 1.165) is 18.5 Å². The first kappa shape index (κ1) is 27.2. The number of nitro benzene ring substituents is 1. The van der Waals surface area contributed by atoms with Crippen molar-refractivity contribution in [2.75, 3.05) is 11.4 Å². The highest BCUT2D eigenvalue weighted by Gasteiger charge is 2.58. The van der Waals surface area contributed by atoms with Crippen LogP contribution in [-0.4, -0.2) is 17.2 Å². The zero-order chi connectivity index (χ0) is 26.3. The Morgan fingerprint density at radius 1 is 0.865 bits per heavy atom. The lowest BCUT2D eigenvalue weighted by atomic mass is 9.76. The van der Waals surface area contributed by atoms with Crippen LogP contribution < -0.4 is 9.64 Å². The third-order valence-electron chi connectivity index (χ3n) is 8.36. The highest BCUT2D eigenvalue weighted by molar-refractivity contribution is 5.73. The summed E-state index contributed by atoms with van der Waals surface area (Å²) in [5, 5.41) is 11.3. The topological polar surface area (TPSA) is 55.6 Å². The first-order valence-corrected chi connectivity index (χ1v) is 14.4. The van der Waals surface area contributed by atoms with Crippen molar-refractivity contribution in [3.05, 3.63) is 69.8 Å². The number of non-ortho nitro benzene ring substituents is 1. The molecule has 2 aromatic rings. The zero-order valence-corrected chi connectivity index (χ0v) is 23.0. The molecule has 0 saturated heterocycles. The van der Waals surface area contributed by atoms with E-state index in [0.29, 0.717) is 5.75 Å². The molecule has 1 spiro atoms. The minimum atomic E-state index is -0.655. The number of nitrogens with zero attached hydrogens (tertiary/aromatic N) is 2. The third-order valence-corrected chi connectivity index (χ3v) is 8.36. The molecule has 5 heteroatoms. The van der Waals surface area contributed by atoms with Gasteiger partial charge in [0.05, 0.1) is 10.3 Å². The second kappa shape index (κ2) is 12.1. The van der Waals surface area contributed by atoms with Crippen molar-refractivity contribution in [2.24, 2.45) is 0 Å². The Hall–Kier alpha value is -2.82. The van der Waals surface area contributed by atoms with Crippen LogP contribution in [0.25, 0.3) is 6.08 Å². The normalized spacial score (nSPS) is 19.1. The van der Waals surface area contributed by atoms with E-state index in [-0.39, 0.29) is 16.0 Å². The summed E-state index contributed by atoms with van der Waals surface area (Å²) < 4.78 is 6.80. The molecular formula is C32H44N2O3. The molecule has 2 aliphatic heterocycles. The molecule has 4 rings (SSSR count). The van der Waals surface area contributed by atoms with Crippen molar-refractivity contribution in [1.82, 2.24) is 0 Å². The molecule has 0 saturated carbocycles. The fourth-order valence-electron chi connectivity index (χ4n) is 6.10. The quantitative estimate of drug-likeness (QED) is 0.146. The van der Waals surface area contributed by atoms with Crippen LogP contribution in [0.2, 0.25) is 0 Å². The number of para-hydroxylation sites is 1. The van der Waals surface area contributed by atoms with E-state index in [1.807, 2.05) is 6.08 Å². The molecule has 1 atom stereocenters. The van der Waals surface area contributed by atoms with E-state index in [4.69, 9.17) is 4.74 Å². The van der Waals surface area contributed by atoms with Crippen LogP contribution >= 0.6 is 0 Å². The van der Waals surface area contributed by atoms with Crippen LogP contribution in [-0.2, 0) is 5.41 Å². The number of hydrogen-bond donors (Lipinski definition) is 0. The van der Waals surface area contributed by atoms with Gasteiger partial charge in [0, 0.05) is 29.9 Å². The van der Waals surface area contributed by atoms with Gasteiger partial charge in [0.15, 0.2) is 0 Å². The molecule has 2 heterocycles. The number of nitro groups is 1. The van der Waals surface area contributed by atoms with Gasteiger partial charge in [-0.1, -0.05) is 95.8 Å². The van der Waals surface area contributed by atoms with Crippen molar-refractivity contribution in [1.29, 1.82) is 0 Å². The SMILES string of the molecule is CCCCCCCCCCCCCCN1c2ccccc2C(C)(C)C12C=Cc1cc([N+](=O)[O-])ccc1O2. The predicted octanol–water partition coefficient (Wildman–Crippen LogP) is 9.20. The summed E-state index contributed by atoms with van der Waals surface area (Å²) in [5.41, 5.74) is 2.42. The van der Waals surface area contributed by atoms with E-state index in [1.165, 1.54) is 87.9 Å². The molecule has 5 nitrogen and oxygen atoms in total. The van der Waals surface area contributed by atoms with Crippen LogP contribution in [0.5, 0.6) is 5.75 Å². The Balaban J connectivity index is 1.37. The zero-order valence-electron chi connectivity index (χ0n) is 23.0. The van der Waals surface area contributed by atoms with Gasteiger partial charge in [0.1, 0.15) is 5.75 Å². The Bertz CT molecular complexity index is 1090. The number of fused-ring (bicyclic) bond motifs is 2. The first-order valence-electron chi connectivity index (χ1n) is 14.4. The molecular weight excluding hydrogens is 460 g/mol. The van der Waals surface area contributed by atoms with Crippen LogP contribution in [0.4, 0.5) is 11.4 Å². The van der Waals surface area contributed by atoms with Gasteiger partial charge in [-0.2, -0.15) is 0 Å². The van der Waals surface area contributed by atoms with Crippen molar-refractivity contribution in [3.8, 4) is 5.75 Å². The lowest BCUT2D eigenvalue weighted by Crippen LogP contribution is -2.59. The van der Waals surface area contributed by atoms with E-state index < -0.39 is 5.72 Å². The molecule has 0 aromatic heterocycles. The number of rotatable bonds is 14. The molecule has 0 amide bonds. The van der Waals surface area contributed by atoms with Gasteiger partial charge in [-0.3, -0.25) is 10.1 Å². The molecule has 2 aliphatic rings. The average Bonchev–Trinajstić information content (AvgIpc) is 3.07. The van der Waals surface area contributed by atoms with Crippen LogP contribution in [0.15, 0.2) is 48.5 Å². The van der Waals surface area contributed by atoms with Crippen LogP contribution in [0.3, 0.4) is 0 Å². The van der Waals surface area contributed by atoms with Gasteiger partial charge in [-0.15, -0.1) is 0 Å². The summed E-state index contributed by atoms with van der Waals surface area (Å²) in [6.07, 6.45) is 20.1. The Kier molecular flexibility index (Phi) is 8.94. The maximum absolute atomic E-state index is 11.3. The largest absolute Gasteiger partial charge is 0.463 e. The summed E-state index contributed by atoms with van der Waals surface area (Å²) in [6, 6.07) is 13.5. The average molecular weight is 505 g/mol. The van der Waals surface area contributed by atoms with Crippen molar-refractivity contribution < 1.29 is 9.66 Å². The molecule has 37 heavy (non-hydrogen) atoms. The van der Waals surface area contributed by atoms with E-state index in [1.54, 1.807) is 12.1 Å². The van der Waals surface area contributed by atoms with Crippen molar-refractivity contribution >= 4 is 17.5 Å². The highest BCUT2D eigenvalue weighted by atomic mass is 16.6. The number of unbranched alkanes of at least 4 members (excludes halogenated alkanes) is 11. The molecule has 0 radical (unpaired) electrons. The second-order valence-corrected chi connectivity index (χ2v) is 11.3. The summed E-state index contributed by atoms with van der Waals surface area (Å²) in [4.78, 5) is 13.3. The van der Waals surface area contributed by atoms with E-state index in [2.05, 4.69) is 56.0 Å². The van der Waals surface area contributed by atoms with Gasteiger partial charge < -0.3 is 9.64 Å². The number of benzene rings is 2. The lowest BCUT2D eigenvalue weighted by Gasteiger charge is -2.47. The molecule has 0 aliphatic carbocycles. The van der Waals surface area contributed by atoms with Gasteiger partial charge >= 0.3 is 0 Å². The molecule has 0 fully saturated rings. The summed E-state index contributed by atoms with van der Waals surface area (Å²) >= 11 is 0. The van der Waals surface area contributed by atoms with E-state index in [9.17, 15) is 10.1 Å². The molecule has 1 unspecified atom stereocenters. The lowest BCUT2D eigenvalue weighted by molar-refractivity contribution is -0.384. The van der Waals surface area contributed by atoms with Gasteiger partial charge in [0.25, 0.3) is 5.69 Å². The van der Waals surface area contributed by atoms with Gasteiger partial charge in [-0.05, 0) is 50.1 Å². The standard InChI is InChI=1S/C32H44N2O3/c1-4-5-6-7-8-9-10-11-12-13-14-17-24-33-29-19-16-15-18-28(29)31(2,3)32(33)23-22-26-25-27(34(35)36)20-21-30(26)37-32/h15-16,18-23,25H,4-14,17,24H2,1-3H3. The minimum absolute atomic E-state index is 0.0882. The van der Waals surface area contributed by atoms with Crippen LogP contribution in [0, 0.1) is 10.1 Å². The molecule has 0 bridgehead atoms. The Morgan fingerprint density at radius 2 is 1.49 bits per heavy atom. The summed E-state index contributed by atoms with van der Waals surface area (Å²) in [5.74, 6) is 0.702. The Morgan fingerprint density at radius 3 is 2.14 bits per heavy atom. The molecule has 0 N–H and O–H groups in total. The fourth-order valence-corrected chi connectivity index (χ4v) is 6.10. The minimum Gasteiger partial charge on any atom is -0.463 e. The fraction of sp³-hybridized carbons (Fsp3) is 0.562. The van der Waals surface area contributed by atoms with Crippen molar-refractivity contribution in [2.45, 2.75) is 109 Å². The first-order chi connectivity index (χ1) is 17.9. The molecule has 2 aromatic carbocycles. The number of ether oxygens (including phenoxy) is 1. The summed E-state index contributed by atoms with van der Waals surface area (Å²) in [6.45, 7) is 7.69. The van der Waals surface area contributed by atoms with E-state index >= 15 is 0 Å². The van der Waals surface area contributed by atoms with Crippen LogP contribution in [0.1, 0.15) is 109 Å². The van der Waals surface area contributed by atoms with Crippen molar-refractivity contribution in [3.63, 3.8) is 0 Å². The number of anilines is 1. The Labute approximate surface area is 223 Å². The highest BCUT2D eigenvalue weighted by Crippen LogP contribution is 2.55. The maximum atomic E-state index is 11.3. The molecule has 200 valence electrons. The predicted molar refractivity (Wildman–Crippen MR) is 153 cm³/mol. The monoisotopic (exact) mass is 504 g/mol. The smallest absolute Gasteiger partial charge is 0.270 e. The maximum Gasteiger partial charge on any atom is 0.270 e. The summed E-state index contributed by atoms with van der Waals surface area (Å²) in [7, 11) is 0. The number of hydrogen-bond acceptors (Lipinski definition) is 4. The van der Waals surface area contributed by atoms with Gasteiger partial charge in [0.2, 0.25) is 5.72 Å². The third kappa shape index (κ3) is 5.71. The second-order valence-electron chi connectivity index (χ2n) is 11.3.